The van der Waals surface area contributed by atoms with Crippen molar-refractivity contribution in [1.29, 1.82) is 0 Å². The maximum absolute atomic E-state index is 13.6. The molecule has 0 radical (unpaired) electrons. The lowest BCUT2D eigenvalue weighted by molar-refractivity contribution is -0.141. The Hall–Kier alpha value is -3.92. The summed E-state index contributed by atoms with van der Waals surface area (Å²) >= 11 is 0. The minimum Gasteiger partial charge on any atom is -0.497 e. The van der Waals surface area contributed by atoms with Crippen LogP contribution < -0.4 is 16.0 Å². The van der Waals surface area contributed by atoms with E-state index in [9.17, 15) is 19.5 Å². The fourth-order valence-electron chi connectivity index (χ4n) is 6.30. The van der Waals surface area contributed by atoms with Gasteiger partial charge in [0.25, 0.3) is 5.56 Å². The summed E-state index contributed by atoms with van der Waals surface area (Å²) in [6.07, 6.45) is 4.26. The summed E-state index contributed by atoms with van der Waals surface area (Å²) in [5, 5.41) is 10.1. The first kappa shape index (κ1) is 34.9. The van der Waals surface area contributed by atoms with Crippen LogP contribution in [0.3, 0.4) is 0 Å². The van der Waals surface area contributed by atoms with Gasteiger partial charge in [0.1, 0.15) is 17.9 Å². The number of piperidine rings is 1. The first-order valence-corrected chi connectivity index (χ1v) is 15.9. The van der Waals surface area contributed by atoms with E-state index in [0.29, 0.717) is 30.7 Å². The van der Waals surface area contributed by atoms with E-state index >= 15 is 0 Å². The zero-order valence-electron chi connectivity index (χ0n) is 26.5. The lowest BCUT2D eigenvalue weighted by Gasteiger charge is -2.34. The fraction of sp³-hybridized carbons (Fsp3) is 0.417. The molecule has 1 fully saturated rings. The molecular formula is C36H44ClN3O6. The third-order valence-corrected chi connectivity index (χ3v) is 8.71. The van der Waals surface area contributed by atoms with Crippen LogP contribution in [0.4, 0.5) is 0 Å². The standard InChI is InChI=1S/C36H43N3O6.ClH/c1-3-12-32(35(41)42)39-34(40)30-25-29(44-2)17-18-31(30)38(36(39)43)22-11-10-21-37-23-19-28(20-24-37)45-33(26-13-6-4-7-14-26)27-15-8-5-9-16-27;/h4-9,13-18,25,28,32-33H,3,10-12,19-24H2,1-2H3,(H,41,42);1H. The van der Waals surface area contributed by atoms with E-state index in [2.05, 4.69) is 53.4 Å². The highest BCUT2D eigenvalue weighted by Crippen LogP contribution is 2.30. The number of rotatable bonds is 14. The van der Waals surface area contributed by atoms with Gasteiger partial charge < -0.3 is 19.5 Å². The summed E-state index contributed by atoms with van der Waals surface area (Å²) < 4.78 is 14.5. The van der Waals surface area contributed by atoms with Crippen LogP contribution in [-0.2, 0) is 16.1 Å². The predicted octanol–water partition coefficient (Wildman–Crippen LogP) is 6.07. The molecule has 1 unspecified atom stereocenters. The summed E-state index contributed by atoms with van der Waals surface area (Å²) in [5.41, 5.74) is 1.62. The average molecular weight is 650 g/mol. The number of benzene rings is 3. The second kappa shape index (κ2) is 16.6. The lowest BCUT2D eigenvalue weighted by Crippen LogP contribution is -2.44. The molecule has 1 aromatic heterocycles. The molecule has 9 nitrogen and oxygen atoms in total. The number of ether oxygens (including phenoxy) is 2. The number of carboxylic acids is 1. The zero-order chi connectivity index (χ0) is 31.8. The molecular weight excluding hydrogens is 606 g/mol. The number of aromatic nitrogens is 2. The molecule has 1 aliphatic heterocycles. The number of fused-ring (bicyclic) bond motifs is 1. The Balaban J connectivity index is 0.00000480. The van der Waals surface area contributed by atoms with Crippen LogP contribution in [0.25, 0.3) is 10.9 Å². The first-order valence-electron chi connectivity index (χ1n) is 15.9. The second-order valence-corrected chi connectivity index (χ2v) is 11.7. The molecule has 5 rings (SSSR count). The van der Waals surface area contributed by atoms with E-state index in [1.807, 2.05) is 19.1 Å². The van der Waals surface area contributed by atoms with Crippen molar-refractivity contribution in [3.63, 3.8) is 0 Å². The number of carbonyl (C=O) groups is 1. The summed E-state index contributed by atoms with van der Waals surface area (Å²) in [4.78, 5) is 41.5. The number of hydrogen-bond acceptors (Lipinski definition) is 6. The Bertz CT molecular complexity index is 1640. The van der Waals surface area contributed by atoms with Gasteiger partial charge in [0.05, 0.1) is 24.1 Å². The number of nitrogens with zero attached hydrogens (tertiary/aromatic N) is 3. The third-order valence-electron chi connectivity index (χ3n) is 8.71. The molecule has 4 aromatic rings. The van der Waals surface area contributed by atoms with Crippen LogP contribution in [-0.4, -0.2) is 58.0 Å². The molecule has 1 atom stereocenters. The zero-order valence-corrected chi connectivity index (χ0v) is 27.4. The molecule has 46 heavy (non-hydrogen) atoms. The SMILES string of the molecule is CCCC(C(=O)O)n1c(=O)c2cc(OC)ccc2n(CCCCN2CCC(OC(c3ccccc3)c3ccccc3)CC2)c1=O.Cl. The van der Waals surface area contributed by atoms with Crippen LogP contribution in [0.15, 0.2) is 88.5 Å². The Morgan fingerprint density at radius 3 is 2.09 bits per heavy atom. The quantitative estimate of drug-likeness (QED) is 0.165. The molecule has 2 heterocycles. The minimum absolute atomic E-state index is 0. The summed E-state index contributed by atoms with van der Waals surface area (Å²) in [7, 11) is 1.51. The monoisotopic (exact) mass is 649 g/mol. The third kappa shape index (κ3) is 8.07. The molecule has 1 aliphatic rings. The molecule has 0 saturated carbocycles. The van der Waals surface area contributed by atoms with Gasteiger partial charge >= 0.3 is 11.7 Å². The van der Waals surface area contributed by atoms with Crippen molar-refractivity contribution in [2.75, 3.05) is 26.7 Å². The Kier molecular flexibility index (Phi) is 12.6. The molecule has 10 heteroatoms. The van der Waals surface area contributed by atoms with Gasteiger partial charge in [-0.2, -0.15) is 0 Å². The van der Waals surface area contributed by atoms with E-state index in [-0.39, 0.29) is 36.4 Å². The lowest BCUT2D eigenvalue weighted by atomic mass is 10.00. The van der Waals surface area contributed by atoms with Crippen molar-refractivity contribution in [1.82, 2.24) is 14.0 Å². The molecule has 1 N–H and O–H groups in total. The normalized spacial score (nSPS) is 14.7. The number of carboxylic acid groups (broad SMARTS) is 1. The predicted molar refractivity (Wildman–Crippen MR) is 182 cm³/mol. The van der Waals surface area contributed by atoms with E-state index in [0.717, 1.165) is 54.6 Å². The van der Waals surface area contributed by atoms with Gasteiger partial charge in [-0.25, -0.2) is 14.2 Å². The molecule has 0 spiro atoms. The molecule has 3 aromatic carbocycles. The maximum atomic E-state index is 13.6. The fourth-order valence-corrected chi connectivity index (χ4v) is 6.30. The van der Waals surface area contributed by atoms with Crippen molar-refractivity contribution < 1.29 is 19.4 Å². The molecule has 246 valence electrons. The molecule has 0 bridgehead atoms. The minimum atomic E-state index is -1.22. The van der Waals surface area contributed by atoms with Crippen LogP contribution in [0.2, 0.25) is 0 Å². The highest BCUT2D eigenvalue weighted by molar-refractivity contribution is 5.85. The molecule has 0 amide bonds. The topological polar surface area (TPSA) is 103 Å². The first-order chi connectivity index (χ1) is 21.9. The number of methoxy groups -OCH3 is 1. The maximum Gasteiger partial charge on any atom is 0.332 e. The summed E-state index contributed by atoms with van der Waals surface area (Å²) in [6, 6.07) is 24.5. The number of aryl methyl sites for hydroxylation is 1. The number of hydrogen-bond donors (Lipinski definition) is 1. The number of likely N-dealkylation sites (tertiary alicyclic amines) is 1. The second-order valence-electron chi connectivity index (χ2n) is 11.7. The van der Waals surface area contributed by atoms with Crippen molar-refractivity contribution in [2.24, 2.45) is 0 Å². The Morgan fingerprint density at radius 2 is 1.52 bits per heavy atom. The van der Waals surface area contributed by atoms with E-state index in [1.165, 1.54) is 7.11 Å². The van der Waals surface area contributed by atoms with Gasteiger partial charge in [-0.3, -0.25) is 9.36 Å². The van der Waals surface area contributed by atoms with E-state index in [1.54, 1.807) is 22.8 Å². The smallest absolute Gasteiger partial charge is 0.332 e. The molecule has 1 saturated heterocycles. The Morgan fingerprint density at radius 1 is 0.913 bits per heavy atom. The van der Waals surface area contributed by atoms with Gasteiger partial charge in [0, 0.05) is 19.6 Å². The number of aliphatic carboxylic acids is 1. The van der Waals surface area contributed by atoms with Crippen LogP contribution in [0.5, 0.6) is 5.75 Å². The number of unbranched alkanes of at least 4 members (excludes halogenated alkanes) is 1. The highest BCUT2D eigenvalue weighted by Gasteiger charge is 2.27. The van der Waals surface area contributed by atoms with Crippen molar-refractivity contribution in [3.05, 3.63) is 111 Å². The van der Waals surface area contributed by atoms with Gasteiger partial charge in [0.15, 0.2) is 0 Å². The van der Waals surface area contributed by atoms with E-state index < -0.39 is 23.3 Å². The van der Waals surface area contributed by atoms with Crippen LogP contribution in [0, 0.1) is 0 Å². The molecule has 0 aliphatic carbocycles. The van der Waals surface area contributed by atoms with Crippen LogP contribution >= 0.6 is 12.4 Å². The summed E-state index contributed by atoms with van der Waals surface area (Å²) in [6.45, 7) is 4.98. The van der Waals surface area contributed by atoms with Crippen molar-refractivity contribution in [3.8, 4) is 5.75 Å². The van der Waals surface area contributed by atoms with Crippen molar-refractivity contribution in [2.45, 2.75) is 70.2 Å². The Labute approximate surface area is 275 Å². The van der Waals surface area contributed by atoms with Gasteiger partial charge in [0.2, 0.25) is 0 Å². The summed E-state index contributed by atoms with van der Waals surface area (Å²) in [5.74, 6) is -0.707. The van der Waals surface area contributed by atoms with Gasteiger partial charge in [-0.15, -0.1) is 12.4 Å². The largest absolute Gasteiger partial charge is 0.497 e. The van der Waals surface area contributed by atoms with E-state index in [4.69, 9.17) is 9.47 Å². The van der Waals surface area contributed by atoms with Crippen LogP contribution in [0.1, 0.15) is 68.7 Å². The van der Waals surface area contributed by atoms with Gasteiger partial charge in [-0.05, 0) is 68.0 Å². The highest BCUT2D eigenvalue weighted by atomic mass is 35.5. The number of halogens is 1. The average Bonchev–Trinajstić information content (AvgIpc) is 3.07. The van der Waals surface area contributed by atoms with Crippen molar-refractivity contribution >= 4 is 29.3 Å². The van der Waals surface area contributed by atoms with Gasteiger partial charge in [-0.1, -0.05) is 74.0 Å².